The fourth-order valence-corrected chi connectivity index (χ4v) is 2.07. The lowest BCUT2D eigenvalue weighted by molar-refractivity contribution is 0.521. The molecule has 0 aliphatic carbocycles. The molecule has 0 saturated heterocycles. The second-order valence-electron chi connectivity index (χ2n) is 2.78. The average molecular weight is 178 g/mol. The summed E-state index contributed by atoms with van der Waals surface area (Å²) in [7, 11) is 0. The maximum Gasteiger partial charge on any atom is 0.108 e. The predicted molar refractivity (Wildman–Crippen MR) is 50.6 cm³/mol. The van der Waals surface area contributed by atoms with E-state index in [4.69, 9.17) is 4.42 Å². The quantitative estimate of drug-likeness (QED) is 0.688. The van der Waals surface area contributed by atoms with Crippen LogP contribution in [0.5, 0.6) is 0 Å². The molecule has 0 amide bonds. The van der Waals surface area contributed by atoms with Crippen LogP contribution in [0, 0.1) is 6.92 Å². The van der Waals surface area contributed by atoms with Gasteiger partial charge in [0.05, 0.1) is 6.26 Å². The molecule has 0 bridgehead atoms. The highest BCUT2D eigenvalue weighted by Crippen LogP contribution is 2.19. The van der Waals surface area contributed by atoms with Crippen LogP contribution in [0.2, 0.25) is 0 Å². The van der Waals surface area contributed by atoms with E-state index in [2.05, 4.69) is 18.4 Å². The highest BCUT2D eigenvalue weighted by molar-refractivity contribution is 7.10. The van der Waals surface area contributed by atoms with E-state index in [0.717, 1.165) is 12.2 Å². The lowest BCUT2D eigenvalue weighted by Gasteiger charge is -1.94. The predicted octanol–water partition coefficient (Wildman–Crippen LogP) is 3.24. The summed E-state index contributed by atoms with van der Waals surface area (Å²) in [5.74, 6) is 1.04. The van der Waals surface area contributed by atoms with Gasteiger partial charge in [-0.25, -0.2) is 0 Å². The molecule has 0 aliphatic heterocycles. The topological polar surface area (TPSA) is 13.1 Å². The van der Waals surface area contributed by atoms with Crippen LogP contribution in [0.3, 0.4) is 0 Å². The van der Waals surface area contributed by atoms with Crippen LogP contribution < -0.4 is 0 Å². The molecule has 0 N–H and O–H groups in total. The lowest BCUT2D eigenvalue weighted by Crippen LogP contribution is -1.82. The zero-order chi connectivity index (χ0) is 8.39. The molecule has 2 aromatic rings. The molecule has 0 aromatic carbocycles. The van der Waals surface area contributed by atoms with Gasteiger partial charge in [0, 0.05) is 11.3 Å². The minimum atomic E-state index is 0.927. The van der Waals surface area contributed by atoms with Crippen molar-refractivity contribution in [3.8, 4) is 0 Å². The van der Waals surface area contributed by atoms with E-state index in [1.54, 1.807) is 17.6 Å². The molecule has 0 radical (unpaired) electrons. The Kier molecular flexibility index (Phi) is 2.00. The number of hydrogen-bond donors (Lipinski definition) is 0. The third-order valence-electron chi connectivity index (χ3n) is 1.88. The average Bonchev–Trinajstić information content (AvgIpc) is 2.65. The third kappa shape index (κ3) is 1.43. The van der Waals surface area contributed by atoms with Gasteiger partial charge in [0.25, 0.3) is 0 Å². The van der Waals surface area contributed by atoms with Gasteiger partial charge in [-0.1, -0.05) is 0 Å². The smallest absolute Gasteiger partial charge is 0.108 e. The number of rotatable bonds is 2. The molecular weight excluding hydrogens is 168 g/mol. The molecule has 0 unspecified atom stereocenters. The molecular formula is C10H10OS. The Balaban J connectivity index is 2.20. The highest BCUT2D eigenvalue weighted by Gasteiger charge is 2.02. The molecule has 0 saturated carbocycles. The van der Waals surface area contributed by atoms with Gasteiger partial charge in [0.15, 0.2) is 0 Å². The number of hydrogen-bond acceptors (Lipinski definition) is 2. The molecule has 0 fully saturated rings. The number of thiophene rings is 1. The van der Waals surface area contributed by atoms with Crippen LogP contribution in [0.15, 0.2) is 34.3 Å². The van der Waals surface area contributed by atoms with Crippen LogP contribution in [-0.2, 0) is 6.42 Å². The van der Waals surface area contributed by atoms with Gasteiger partial charge < -0.3 is 4.42 Å². The maximum atomic E-state index is 5.27. The molecule has 2 heteroatoms. The Morgan fingerprint density at radius 1 is 1.42 bits per heavy atom. The zero-order valence-corrected chi connectivity index (χ0v) is 7.73. The van der Waals surface area contributed by atoms with Crippen molar-refractivity contribution in [2.75, 3.05) is 0 Å². The fourth-order valence-electron chi connectivity index (χ4n) is 1.16. The fraction of sp³-hybridized carbons (Fsp3) is 0.200. The van der Waals surface area contributed by atoms with E-state index in [0.29, 0.717) is 0 Å². The zero-order valence-electron chi connectivity index (χ0n) is 6.91. The van der Waals surface area contributed by atoms with E-state index in [-0.39, 0.29) is 0 Å². The van der Waals surface area contributed by atoms with Crippen molar-refractivity contribution in [3.63, 3.8) is 0 Å². The Hall–Kier alpha value is -1.02. The molecule has 2 aromatic heterocycles. The van der Waals surface area contributed by atoms with Crippen LogP contribution >= 0.6 is 11.3 Å². The van der Waals surface area contributed by atoms with Gasteiger partial charge in [-0.2, -0.15) is 0 Å². The molecule has 0 spiro atoms. The summed E-state index contributed by atoms with van der Waals surface area (Å²) in [5.41, 5.74) is 1.36. The van der Waals surface area contributed by atoms with Crippen LogP contribution in [0.25, 0.3) is 0 Å². The first-order valence-electron chi connectivity index (χ1n) is 3.91. The van der Waals surface area contributed by atoms with Crippen LogP contribution in [-0.4, -0.2) is 0 Å². The molecule has 1 nitrogen and oxygen atoms in total. The lowest BCUT2D eigenvalue weighted by atomic mass is 10.2. The Morgan fingerprint density at radius 2 is 2.33 bits per heavy atom. The Morgan fingerprint density at radius 3 is 2.92 bits per heavy atom. The SMILES string of the molecule is Cc1ccsc1Cc1ccco1. The van der Waals surface area contributed by atoms with E-state index in [1.807, 2.05) is 12.1 Å². The molecule has 2 rings (SSSR count). The first-order chi connectivity index (χ1) is 5.86. The van der Waals surface area contributed by atoms with Crippen molar-refractivity contribution in [1.82, 2.24) is 0 Å². The Bertz CT molecular complexity index is 346. The molecule has 2 heterocycles. The number of furan rings is 1. The van der Waals surface area contributed by atoms with Crippen LogP contribution in [0.1, 0.15) is 16.2 Å². The third-order valence-corrected chi connectivity index (χ3v) is 2.91. The monoisotopic (exact) mass is 178 g/mol. The molecule has 62 valence electrons. The van der Waals surface area contributed by atoms with Gasteiger partial charge in [0.2, 0.25) is 0 Å². The standard InChI is InChI=1S/C10H10OS/c1-8-4-6-12-10(8)7-9-3-2-5-11-9/h2-6H,7H2,1H3. The van der Waals surface area contributed by atoms with Crippen molar-refractivity contribution < 1.29 is 4.42 Å². The van der Waals surface area contributed by atoms with E-state index in [1.165, 1.54) is 10.4 Å². The summed E-state index contributed by atoms with van der Waals surface area (Å²) in [4.78, 5) is 1.39. The summed E-state index contributed by atoms with van der Waals surface area (Å²) in [6, 6.07) is 6.08. The summed E-state index contributed by atoms with van der Waals surface area (Å²) in [6.07, 6.45) is 2.65. The van der Waals surface area contributed by atoms with Crippen molar-refractivity contribution in [2.45, 2.75) is 13.3 Å². The van der Waals surface area contributed by atoms with Crippen molar-refractivity contribution in [2.24, 2.45) is 0 Å². The molecule has 0 atom stereocenters. The van der Waals surface area contributed by atoms with E-state index >= 15 is 0 Å². The molecule has 0 aliphatic rings. The summed E-state index contributed by atoms with van der Waals surface area (Å²) in [5, 5.41) is 2.12. The van der Waals surface area contributed by atoms with Gasteiger partial charge in [-0.3, -0.25) is 0 Å². The highest BCUT2D eigenvalue weighted by atomic mass is 32.1. The first-order valence-corrected chi connectivity index (χ1v) is 4.79. The van der Waals surface area contributed by atoms with Gasteiger partial charge in [-0.15, -0.1) is 11.3 Å². The van der Waals surface area contributed by atoms with Crippen molar-refractivity contribution >= 4 is 11.3 Å². The normalized spacial score (nSPS) is 10.4. The maximum absolute atomic E-state index is 5.27. The number of aryl methyl sites for hydroxylation is 1. The summed E-state index contributed by atoms with van der Waals surface area (Å²) < 4.78 is 5.27. The van der Waals surface area contributed by atoms with Gasteiger partial charge in [0.1, 0.15) is 5.76 Å². The first kappa shape index (κ1) is 7.62. The van der Waals surface area contributed by atoms with Crippen molar-refractivity contribution in [1.29, 1.82) is 0 Å². The Labute approximate surface area is 75.7 Å². The second kappa shape index (κ2) is 3.15. The molecule has 12 heavy (non-hydrogen) atoms. The second-order valence-corrected chi connectivity index (χ2v) is 3.78. The van der Waals surface area contributed by atoms with Gasteiger partial charge >= 0.3 is 0 Å². The summed E-state index contributed by atoms with van der Waals surface area (Å²) >= 11 is 1.79. The van der Waals surface area contributed by atoms with E-state index in [9.17, 15) is 0 Å². The van der Waals surface area contributed by atoms with Crippen LogP contribution in [0.4, 0.5) is 0 Å². The van der Waals surface area contributed by atoms with Gasteiger partial charge in [-0.05, 0) is 36.1 Å². The summed E-state index contributed by atoms with van der Waals surface area (Å²) in [6.45, 7) is 2.13. The minimum Gasteiger partial charge on any atom is -0.469 e. The van der Waals surface area contributed by atoms with E-state index < -0.39 is 0 Å². The minimum absolute atomic E-state index is 0.927. The largest absolute Gasteiger partial charge is 0.469 e. The van der Waals surface area contributed by atoms with Crippen molar-refractivity contribution in [3.05, 3.63) is 46.0 Å².